The van der Waals surface area contributed by atoms with Crippen LogP contribution in [0.5, 0.6) is 5.75 Å². The minimum atomic E-state index is -4.13. The molecule has 0 atom stereocenters. The molecule has 112 valence electrons. The first-order valence-electron chi connectivity index (χ1n) is 7.11. The molecule has 1 aromatic carbocycles. The summed E-state index contributed by atoms with van der Waals surface area (Å²) in [5, 5.41) is 0. The molecule has 10 heteroatoms. The normalized spacial score (nSPS) is 11.5. The van der Waals surface area contributed by atoms with E-state index in [4.69, 9.17) is 48.5 Å². The highest BCUT2D eigenvalue weighted by atomic mass is 32.2. The standard InChI is InChI=1S/C13H15B5O4S/c14-3-8-9(4-15)11(6-17)13(12(7-18)10(8)5-16)22-1-2-23(19,20)21/h1-7H2,(H,19,20,21). The molecule has 0 saturated heterocycles. The first-order valence-corrected chi connectivity index (χ1v) is 8.72. The van der Waals surface area contributed by atoms with E-state index in [2.05, 4.69) is 0 Å². The summed E-state index contributed by atoms with van der Waals surface area (Å²) in [5.74, 6) is -0.174. The van der Waals surface area contributed by atoms with E-state index < -0.39 is 15.9 Å². The molecule has 0 aliphatic rings. The second kappa shape index (κ2) is 8.93. The number of ether oxygens (including phenoxy) is 1. The Morgan fingerprint density at radius 1 is 0.739 bits per heavy atom. The van der Waals surface area contributed by atoms with Gasteiger partial charge >= 0.3 is 0 Å². The van der Waals surface area contributed by atoms with Gasteiger partial charge in [0.05, 0.1) is 39.2 Å². The van der Waals surface area contributed by atoms with Gasteiger partial charge in [0.25, 0.3) is 10.1 Å². The van der Waals surface area contributed by atoms with Gasteiger partial charge in [-0.05, 0) is 22.3 Å². The van der Waals surface area contributed by atoms with Gasteiger partial charge in [0.2, 0.25) is 0 Å². The molecule has 0 aliphatic carbocycles. The highest BCUT2D eigenvalue weighted by molar-refractivity contribution is 7.85. The van der Waals surface area contributed by atoms with Gasteiger partial charge in [-0.25, -0.2) is 0 Å². The summed E-state index contributed by atoms with van der Waals surface area (Å²) in [6.07, 6.45) is 0.846. The van der Waals surface area contributed by atoms with Gasteiger partial charge in [0, 0.05) is 0 Å². The Bertz CT molecular complexity index is 615. The molecule has 0 spiro atoms. The lowest BCUT2D eigenvalue weighted by molar-refractivity contribution is 0.330. The molecule has 1 rings (SSSR count). The number of hydrogen-bond acceptors (Lipinski definition) is 3. The van der Waals surface area contributed by atoms with Gasteiger partial charge in [-0.1, -0.05) is 37.2 Å². The summed E-state index contributed by atoms with van der Waals surface area (Å²) in [5.41, 5.74) is 3.50. The zero-order chi connectivity index (χ0) is 17.6. The second-order valence-electron chi connectivity index (χ2n) is 4.88. The van der Waals surface area contributed by atoms with E-state index in [0.29, 0.717) is 16.9 Å². The molecule has 0 unspecified atom stereocenters. The lowest BCUT2D eigenvalue weighted by Gasteiger charge is -2.25. The smallest absolute Gasteiger partial charge is 0.268 e. The second-order valence-corrected chi connectivity index (χ2v) is 6.45. The van der Waals surface area contributed by atoms with E-state index in [1.807, 2.05) is 0 Å². The first kappa shape index (κ1) is 20.3. The van der Waals surface area contributed by atoms with Crippen molar-refractivity contribution in [2.24, 2.45) is 0 Å². The Labute approximate surface area is 144 Å². The third kappa shape index (κ3) is 4.86. The molecule has 10 radical (unpaired) electrons. The molecule has 1 aromatic rings. The van der Waals surface area contributed by atoms with Crippen LogP contribution in [0.25, 0.3) is 0 Å². The molecule has 1 N–H and O–H groups in total. The maximum absolute atomic E-state index is 10.8. The van der Waals surface area contributed by atoms with Crippen LogP contribution >= 0.6 is 0 Å². The number of benzene rings is 1. The van der Waals surface area contributed by atoms with E-state index in [9.17, 15) is 8.42 Å². The topological polar surface area (TPSA) is 63.6 Å². The third-order valence-electron chi connectivity index (χ3n) is 3.61. The van der Waals surface area contributed by atoms with Crippen LogP contribution in [-0.2, 0) is 41.7 Å². The summed E-state index contributed by atoms with van der Waals surface area (Å²) in [6, 6.07) is 0. The van der Waals surface area contributed by atoms with Crippen molar-refractivity contribution in [3.63, 3.8) is 0 Å². The van der Waals surface area contributed by atoms with Crippen LogP contribution in [-0.4, -0.2) is 64.6 Å². The van der Waals surface area contributed by atoms with Crippen LogP contribution in [0, 0.1) is 0 Å². The fourth-order valence-corrected chi connectivity index (χ4v) is 2.89. The van der Waals surface area contributed by atoms with Crippen molar-refractivity contribution in [1.29, 1.82) is 0 Å². The van der Waals surface area contributed by atoms with Gasteiger partial charge in [-0.3, -0.25) is 4.55 Å². The van der Waals surface area contributed by atoms with Crippen molar-refractivity contribution in [2.45, 2.75) is 31.6 Å². The fourth-order valence-electron chi connectivity index (χ4n) is 2.60. The maximum atomic E-state index is 10.8. The van der Waals surface area contributed by atoms with E-state index >= 15 is 0 Å². The lowest BCUT2D eigenvalue weighted by Crippen LogP contribution is -2.18. The van der Waals surface area contributed by atoms with Crippen LogP contribution in [0.15, 0.2) is 0 Å². The summed E-state index contributed by atoms with van der Waals surface area (Å²) in [6.45, 7) is -0.241. The average Bonchev–Trinajstić information content (AvgIpc) is 2.51. The summed E-state index contributed by atoms with van der Waals surface area (Å²) < 4.78 is 36.1. The zero-order valence-electron chi connectivity index (χ0n) is 12.9. The quantitative estimate of drug-likeness (QED) is 0.482. The van der Waals surface area contributed by atoms with Crippen LogP contribution < -0.4 is 4.74 Å². The lowest BCUT2D eigenvalue weighted by atomic mass is 9.72. The van der Waals surface area contributed by atoms with Crippen molar-refractivity contribution in [3.05, 3.63) is 27.8 Å². The Morgan fingerprint density at radius 2 is 1.09 bits per heavy atom. The predicted octanol–water partition coefficient (Wildman–Crippen LogP) is -0.704. The Hall–Kier alpha value is -0.745. The molecule has 0 saturated carbocycles. The summed E-state index contributed by atoms with van der Waals surface area (Å²) in [4.78, 5) is 0. The molecule has 0 bridgehead atoms. The Morgan fingerprint density at radius 3 is 1.39 bits per heavy atom. The highest BCUT2D eigenvalue weighted by Gasteiger charge is 2.20. The zero-order valence-corrected chi connectivity index (χ0v) is 13.7. The van der Waals surface area contributed by atoms with Crippen LogP contribution in [0.4, 0.5) is 0 Å². The molecule has 0 aromatic heterocycles. The maximum Gasteiger partial charge on any atom is 0.268 e. The monoisotopic (exact) mass is 322 g/mol. The van der Waals surface area contributed by atoms with Gasteiger partial charge in [0.15, 0.2) is 0 Å². The first-order chi connectivity index (χ1) is 10.8. The highest BCUT2D eigenvalue weighted by Crippen LogP contribution is 2.35. The van der Waals surface area contributed by atoms with Crippen molar-refractivity contribution in [3.8, 4) is 5.75 Å². The van der Waals surface area contributed by atoms with E-state index in [1.165, 1.54) is 0 Å². The van der Waals surface area contributed by atoms with Gasteiger partial charge in [0.1, 0.15) is 18.1 Å². The van der Waals surface area contributed by atoms with Gasteiger partial charge in [-0.15, -0.1) is 0 Å². The molecule has 0 fully saturated rings. The number of rotatable bonds is 9. The van der Waals surface area contributed by atoms with Crippen molar-refractivity contribution < 1.29 is 17.7 Å². The van der Waals surface area contributed by atoms with Gasteiger partial charge in [-0.2, -0.15) is 8.42 Å². The molecular formula is C13H15B5O4S. The molecule has 0 amide bonds. The molecule has 0 aliphatic heterocycles. The molecule has 4 nitrogen and oxygen atoms in total. The van der Waals surface area contributed by atoms with Gasteiger partial charge < -0.3 is 4.74 Å². The summed E-state index contributed by atoms with van der Waals surface area (Å²) in [7, 11) is 24.9. The summed E-state index contributed by atoms with van der Waals surface area (Å²) >= 11 is 0. The van der Waals surface area contributed by atoms with E-state index in [0.717, 1.165) is 16.7 Å². The van der Waals surface area contributed by atoms with Crippen molar-refractivity contribution in [1.82, 2.24) is 0 Å². The molecule has 23 heavy (non-hydrogen) atoms. The van der Waals surface area contributed by atoms with Crippen LogP contribution in [0.3, 0.4) is 0 Å². The molecule has 0 heterocycles. The molecular weight excluding hydrogens is 306 g/mol. The predicted molar refractivity (Wildman–Crippen MR) is 95.6 cm³/mol. The van der Waals surface area contributed by atoms with Crippen molar-refractivity contribution >= 4 is 49.3 Å². The number of hydrogen-bond donors (Lipinski definition) is 1. The minimum Gasteiger partial charge on any atom is -0.492 e. The SMILES string of the molecule is [B]Cc1c(C[B])c(C[B])c(OCCS(=O)(=O)O)c(C[B])c1C[B]. The van der Waals surface area contributed by atoms with Crippen molar-refractivity contribution in [2.75, 3.05) is 12.4 Å². The minimum absolute atomic E-state index is 0.124. The van der Waals surface area contributed by atoms with Crippen LogP contribution in [0.2, 0.25) is 0 Å². The van der Waals surface area contributed by atoms with Crippen LogP contribution in [0.1, 0.15) is 27.8 Å². The fraction of sp³-hybridized carbons (Fsp3) is 0.538. The largest absolute Gasteiger partial charge is 0.492 e. The Kier molecular flexibility index (Phi) is 7.88. The Balaban J connectivity index is 3.46. The van der Waals surface area contributed by atoms with E-state index in [-0.39, 0.29) is 38.2 Å². The van der Waals surface area contributed by atoms with E-state index in [1.54, 1.807) is 0 Å². The average molecular weight is 321 g/mol. The third-order valence-corrected chi connectivity index (χ3v) is 4.30.